The first-order chi connectivity index (χ1) is 9.60. The Morgan fingerprint density at radius 2 is 2.45 bits per heavy atom. The highest BCUT2D eigenvalue weighted by atomic mass is 32.1. The Balaban J connectivity index is 2.01. The van der Waals surface area contributed by atoms with Crippen LogP contribution < -0.4 is 16.1 Å². The van der Waals surface area contributed by atoms with Crippen molar-refractivity contribution in [2.24, 2.45) is 11.7 Å². The molecule has 1 saturated heterocycles. The average molecular weight is 294 g/mol. The minimum absolute atomic E-state index is 0.256. The van der Waals surface area contributed by atoms with Gasteiger partial charge in [0.15, 0.2) is 10.8 Å². The summed E-state index contributed by atoms with van der Waals surface area (Å²) in [4.78, 5) is 32.3. The highest BCUT2D eigenvalue weighted by Gasteiger charge is 2.25. The summed E-state index contributed by atoms with van der Waals surface area (Å²) in [5, 5.41) is 9.69. The van der Waals surface area contributed by atoms with Gasteiger partial charge in [-0.15, -0.1) is 0 Å². The van der Waals surface area contributed by atoms with Gasteiger partial charge in [-0.2, -0.15) is 0 Å². The molecule has 4 N–H and O–H groups in total. The van der Waals surface area contributed by atoms with E-state index in [0.29, 0.717) is 22.8 Å². The molecule has 3 heterocycles. The van der Waals surface area contributed by atoms with Gasteiger partial charge in [0.25, 0.3) is 0 Å². The number of rotatable bonds is 3. The van der Waals surface area contributed by atoms with Gasteiger partial charge in [0.2, 0.25) is 5.43 Å². The molecule has 0 radical (unpaired) electrons. The summed E-state index contributed by atoms with van der Waals surface area (Å²) in [6, 6.07) is 0. The number of carboxylic acid groups (broad SMARTS) is 1. The topological polar surface area (TPSA) is 112 Å². The molecule has 0 amide bonds. The van der Waals surface area contributed by atoms with Crippen LogP contribution in [0, 0.1) is 5.92 Å². The van der Waals surface area contributed by atoms with Crippen molar-refractivity contribution >= 4 is 32.8 Å². The number of aromatic carboxylic acids is 1. The van der Waals surface area contributed by atoms with Crippen LogP contribution in [0.15, 0.2) is 11.0 Å². The van der Waals surface area contributed by atoms with E-state index >= 15 is 0 Å². The lowest BCUT2D eigenvalue weighted by Crippen LogP contribution is -2.22. The Kier molecular flexibility index (Phi) is 3.19. The van der Waals surface area contributed by atoms with Gasteiger partial charge in [-0.3, -0.25) is 4.79 Å². The van der Waals surface area contributed by atoms with Crippen LogP contribution in [0.1, 0.15) is 16.8 Å². The first-order valence-corrected chi connectivity index (χ1v) is 7.12. The largest absolute Gasteiger partial charge is 0.477 e. The van der Waals surface area contributed by atoms with Gasteiger partial charge in [0, 0.05) is 19.3 Å². The van der Waals surface area contributed by atoms with E-state index in [1.807, 2.05) is 0 Å². The van der Waals surface area contributed by atoms with Crippen molar-refractivity contribution in [2.45, 2.75) is 6.42 Å². The van der Waals surface area contributed by atoms with E-state index in [1.165, 1.54) is 17.5 Å². The average Bonchev–Trinajstić information content (AvgIpc) is 3.04. The number of nitrogens with one attached hydrogen (secondary N) is 1. The lowest BCUT2D eigenvalue weighted by Gasteiger charge is -2.13. The molecule has 2 aromatic rings. The zero-order valence-electron chi connectivity index (χ0n) is 10.6. The van der Waals surface area contributed by atoms with Gasteiger partial charge in [-0.25, -0.2) is 9.78 Å². The number of carboxylic acids is 1. The summed E-state index contributed by atoms with van der Waals surface area (Å²) < 4.78 is 0.357. The number of fused-ring (bicyclic) bond motifs is 1. The SMILES string of the molecule is NCC1CCN(c2nc3[nH]cc(C(=O)O)c(=O)c3s2)C1. The number of nitrogens with zero attached hydrogens (tertiary/aromatic N) is 2. The zero-order chi connectivity index (χ0) is 14.3. The summed E-state index contributed by atoms with van der Waals surface area (Å²) in [6.07, 6.45) is 2.21. The third-order valence-corrected chi connectivity index (χ3v) is 4.65. The van der Waals surface area contributed by atoms with Crippen molar-refractivity contribution in [3.63, 3.8) is 0 Å². The van der Waals surface area contributed by atoms with E-state index in [1.54, 1.807) is 0 Å². The molecule has 1 unspecified atom stereocenters. The number of H-pyrrole nitrogens is 1. The fourth-order valence-electron chi connectivity index (χ4n) is 2.38. The third-order valence-electron chi connectivity index (χ3n) is 3.54. The van der Waals surface area contributed by atoms with Crippen molar-refractivity contribution in [1.82, 2.24) is 9.97 Å². The normalized spacial score (nSPS) is 18.9. The number of thiazole rings is 1. The molecule has 106 valence electrons. The fourth-order valence-corrected chi connectivity index (χ4v) is 3.40. The number of carbonyl (C=O) groups is 1. The number of aromatic nitrogens is 2. The Hall–Kier alpha value is -1.93. The Bertz CT molecular complexity index is 723. The van der Waals surface area contributed by atoms with Crippen LogP contribution in [0.4, 0.5) is 5.13 Å². The van der Waals surface area contributed by atoms with Crippen LogP contribution >= 0.6 is 11.3 Å². The molecule has 1 fully saturated rings. The maximum Gasteiger partial charge on any atom is 0.341 e. The van der Waals surface area contributed by atoms with Crippen LogP contribution in [-0.2, 0) is 0 Å². The molecular formula is C12H14N4O3S. The van der Waals surface area contributed by atoms with Crippen LogP contribution in [0.3, 0.4) is 0 Å². The van der Waals surface area contributed by atoms with Crippen LogP contribution in [-0.4, -0.2) is 40.7 Å². The molecule has 2 aromatic heterocycles. The first kappa shape index (κ1) is 13.1. The zero-order valence-corrected chi connectivity index (χ0v) is 11.4. The standard InChI is InChI=1S/C12H14N4O3S/c13-3-6-1-2-16(5-6)12-15-10-9(20-12)8(17)7(4-14-10)11(18)19/h4,6H,1-3,5,13H2,(H,14,17)(H,18,19). The molecule has 20 heavy (non-hydrogen) atoms. The first-order valence-electron chi connectivity index (χ1n) is 6.30. The molecule has 8 heteroatoms. The highest BCUT2D eigenvalue weighted by Crippen LogP contribution is 2.29. The second kappa shape index (κ2) is 4.88. The Labute approximate surface area is 118 Å². The van der Waals surface area contributed by atoms with E-state index < -0.39 is 11.4 Å². The molecule has 3 rings (SSSR count). The summed E-state index contributed by atoms with van der Waals surface area (Å²) in [5.41, 5.74) is 5.36. The monoisotopic (exact) mass is 294 g/mol. The number of pyridine rings is 1. The maximum absolute atomic E-state index is 12.0. The van der Waals surface area contributed by atoms with Crippen molar-refractivity contribution in [3.8, 4) is 0 Å². The van der Waals surface area contributed by atoms with Crippen molar-refractivity contribution in [1.29, 1.82) is 0 Å². The van der Waals surface area contributed by atoms with E-state index in [-0.39, 0.29) is 5.56 Å². The van der Waals surface area contributed by atoms with Gasteiger partial charge in [0.05, 0.1) is 0 Å². The molecule has 1 aliphatic heterocycles. The predicted octanol–water partition coefficient (Wildman–Crippen LogP) is 0.468. The summed E-state index contributed by atoms with van der Waals surface area (Å²) >= 11 is 1.23. The van der Waals surface area contributed by atoms with Gasteiger partial charge in [-0.1, -0.05) is 11.3 Å². The third kappa shape index (κ3) is 2.06. The van der Waals surface area contributed by atoms with Crippen molar-refractivity contribution in [2.75, 3.05) is 24.5 Å². The quantitative estimate of drug-likeness (QED) is 0.758. The number of nitrogens with two attached hydrogens (primary N) is 1. The second-order valence-electron chi connectivity index (χ2n) is 4.85. The van der Waals surface area contributed by atoms with E-state index in [9.17, 15) is 9.59 Å². The lowest BCUT2D eigenvalue weighted by molar-refractivity contribution is 0.0695. The summed E-state index contributed by atoms with van der Waals surface area (Å²) in [7, 11) is 0. The number of anilines is 1. The van der Waals surface area contributed by atoms with Gasteiger partial charge < -0.3 is 20.7 Å². The summed E-state index contributed by atoms with van der Waals surface area (Å²) in [5.74, 6) is -0.778. The van der Waals surface area contributed by atoms with Gasteiger partial charge in [-0.05, 0) is 18.9 Å². The smallest absolute Gasteiger partial charge is 0.341 e. The summed E-state index contributed by atoms with van der Waals surface area (Å²) in [6.45, 7) is 2.33. The van der Waals surface area contributed by atoms with E-state index in [2.05, 4.69) is 14.9 Å². The molecule has 1 aliphatic rings. The van der Waals surface area contributed by atoms with Crippen molar-refractivity contribution in [3.05, 3.63) is 22.0 Å². The van der Waals surface area contributed by atoms with Gasteiger partial charge >= 0.3 is 5.97 Å². The Morgan fingerprint density at radius 3 is 3.10 bits per heavy atom. The number of hydrogen-bond donors (Lipinski definition) is 3. The predicted molar refractivity (Wildman–Crippen MR) is 76.6 cm³/mol. The van der Waals surface area contributed by atoms with E-state index in [4.69, 9.17) is 10.8 Å². The van der Waals surface area contributed by atoms with E-state index in [0.717, 1.165) is 24.6 Å². The second-order valence-corrected chi connectivity index (χ2v) is 5.82. The molecule has 7 nitrogen and oxygen atoms in total. The van der Waals surface area contributed by atoms with Gasteiger partial charge in [0.1, 0.15) is 10.3 Å². The number of hydrogen-bond acceptors (Lipinski definition) is 6. The molecule has 0 spiro atoms. The fraction of sp³-hybridized carbons (Fsp3) is 0.417. The molecule has 0 aromatic carbocycles. The molecule has 1 atom stereocenters. The highest BCUT2D eigenvalue weighted by molar-refractivity contribution is 7.22. The lowest BCUT2D eigenvalue weighted by atomic mass is 10.1. The maximum atomic E-state index is 12.0. The molecule has 0 bridgehead atoms. The minimum atomic E-state index is -1.23. The molecular weight excluding hydrogens is 280 g/mol. The molecule has 0 saturated carbocycles. The minimum Gasteiger partial charge on any atom is -0.477 e. The Morgan fingerprint density at radius 1 is 1.65 bits per heavy atom. The van der Waals surface area contributed by atoms with Crippen LogP contribution in [0.5, 0.6) is 0 Å². The molecule has 0 aliphatic carbocycles. The number of aromatic amines is 1. The van der Waals surface area contributed by atoms with Crippen LogP contribution in [0.25, 0.3) is 10.3 Å². The van der Waals surface area contributed by atoms with Crippen molar-refractivity contribution < 1.29 is 9.90 Å². The van der Waals surface area contributed by atoms with Crippen LogP contribution in [0.2, 0.25) is 0 Å².